The average Bonchev–Trinajstić information content (AvgIpc) is 2.67. The van der Waals surface area contributed by atoms with E-state index in [1.165, 1.54) is 5.69 Å². The Bertz CT molecular complexity index is 767. The fourth-order valence-corrected chi connectivity index (χ4v) is 3.02. The molecule has 26 heavy (non-hydrogen) atoms. The summed E-state index contributed by atoms with van der Waals surface area (Å²) >= 11 is 0. The first kappa shape index (κ1) is 17.8. The number of carbonyl (C=O) groups excluding carboxylic acids is 1. The van der Waals surface area contributed by atoms with Crippen molar-refractivity contribution in [3.05, 3.63) is 60.2 Å². The molecule has 1 heterocycles. The van der Waals surface area contributed by atoms with Gasteiger partial charge in [0, 0.05) is 37.6 Å². The molecule has 0 bridgehead atoms. The molecule has 2 aromatic rings. The van der Waals surface area contributed by atoms with Gasteiger partial charge in [0.1, 0.15) is 6.54 Å². The fourth-order valence-electron chi connectivity index (χ4n) is 3.02. The molecule has 1 amide bonds. The van der Waals surface area contributed by atoms with Gasteiger partial charge >= 0.3 is 0 Å². The molecule has 1 saturated heterocycles. The summed E-state index contributed by atoms with van der Waals surface area (Å²) in [7, 11) is 0. The second-order valence-corrected chi connectivity index (χ2v) is 6.40. The molecular weight excluding hydrogens is 326 g/mol. The van der Waals surface area contributed by atoms with E-state index in [-0.39, 0.29) is 18.4 Å². The van der Waals surface area contributed by atoms with Crippen molar-refractivity contribution in [1.29, 1.82) is 0 Å². The number of para-hydroxylation sites is 1. The van der Waals surface area contributed by atoms with Crippen molar-refractivity contribution < 1.29 is 4.79 Å². The maximum Gasteiger partial charge on any atom is 0.244 e. The van der Waals surface area contributed by atoms with Gasteiger partial charge < -0.3 is 20.9 Å². The molecule has 2 aromatic carbocycles. The van der Waals surface area contributed by atoms with Crippen LogP contribution in [0.1, 0.15) is 5.56 Å². The van der Waals surface area contributed by atoms with Crippen LogP contribution in [0, 0.1) is 6.92 Å². The number of nitrogens with zero attached hydrogens (tertiary/aromatic N) is 3. The lowest BCUT2D eigenvalue weighted by atomic mass is 10.2. The van der Waals surface area contributed by atoms with E-state index < -0.39 is 0 Å². The number of aliphatic imine (C=N–C) groups is 1. The topological polar surface area (TPSA) is 74.0 Å². The van der Waals surface area contributed by atoms with Crippen LogP contribution in [0.15, 0.2) is 59.6 Å². The molecule has 0 aliphatic carbocycles. The number of anilines is 2. The zero-order valence-electron chi connectivity index (χ0n) is 15.1. The third kappa shape index (κ3) is 4.75. The number of nitrogens with one attached hydrogen (secondary N) is 1. The van der Waals surface area contributed by atoms with Crippen molar-refractivity contribution >= 4 is 23.2 Å². The van der Waals surface area contributed by atoms with Crippen LogP contribution in [0.4, 0.5) is 11.4 Å². The number of benzene rings is 2. The van der Waals surface area contributed by atoms with E-state index in [4.69, 9.17) is 5.73 Å². The quantitative estimate of drug-likeness (QED) is 0.653. The minimum Gasteiger partial charge on any atom is -0.370 e. The van der Waals surface area contributed by atoms with Gasteiger partial charge in [-0.15, -0.1) is 0 Å². The summed E-state index contributed by atoms with van der Waals surface area (Å²) < 4.78 is 0. The summed E-state index contributed by atoms with van der Waals surface area (Å²) in [6, 6.07) is 18.1. The van der Waals surface area contributed by atoms with E-state index in [1.54, 1.807) is 0 Å². The third-order valence-electron chi connectivity index (χ3n) is 4.43. The lowest BCUT2D eigenvalue weighted by Gasteiger charge is -2.35. The second-order valence-electron chi connectivity index (χ2n) is 6.40. The third-order valence-corrected chi connectivity index (χ3v) is 4.43. The number of guanidine groups is 1. The summed E-state index contributed by atoms with van der Waals surface area (Å²) in [5, 5.41) is 3.02. The first-order valence-electron chi connectivity index (χ1n) is 8.83. The predicted molar refractivity (Wildman–Crippen MR) is 107 cm³/mol. The van der Waals surface area contributed by atoms with Crippen LogP contribution in [-0.4, -0.2) is 49.5 Å². The predicted octanol–water partition coefficient (Wildman–Crippen LogP) is 2.07. The van der Waals surface area contributed by atoms with Crippen molar-refractivity contribution in [2.75, 3.05) is 42.9 Å². The molecule has 6 nitrogen and oxygen atoms in total. The van der Waals surface area contributed by atoms with Gasteiger partial charge in [0.2, 0.25) is 5.91 Å². The summed E-state index contributed by atoms with van der Waals surface area (Å²) in [4.78, 5) is 20.7. The molecule has 0 radical (unpaired) electrons. The highest BCUT2D eigenvalue weighted by atomic mass is 16.2. The van der Waals surface area contributed by atoms with E-state index in [0.29, 0.717) is 13.1 Å². The number of rotatable bonds is 4. The summed E-state index contributed by atoms with van der Waals surface area (Å²) in [6.07, 6.45) is 0. The average molecular weight is 351 g/mol. The zero-order valence-corrected chi connectivity index (χ0v) is 15.1. The first-order chi connectivity index (χ1) is 12.6. The van der Waals surface area contributed by atoms with Gasteiger partial charge in [-0.1, -0.05) is 30.3 Å². The zero-order chi connectivity index (χ0) is 18.4. The van der Waals surface area contributed by atoms with Gasteiger partial charge in [-0.2, -0.15) is 0 Å². The van der Waals surface area contributed by atoms with Gasteiger partial charge in [0.25, 0.3) is 0 Å². The standard InChI is InChI=1S/C20H25N5O/c1-16-6-5-7-17(14-16)23-20(21)22-15-19(26)25-12-10-24(11-13-25)18-8-3-2-4-9-18/h2-9,14H,10-13,15H2,1H3,(H3,21,22,23). The van der Waals surface area contributed by atoms with Crippen LogP contribution in [0.3, 0.4) is 0 Å². The molecule has 0 spiro atoms. The molecule has 0 unspecified atom stereocenters. The Balaban J connectivity index is 1.48. The Hall–Kier alpha value is -3.02. The summed E-state index contributed by atoms with van der Waals surface area (Å²) in [6.45, 7) is 5.14. The Morgan fingerprint density at radius 3 is 2.50 bits per heavy atom. The molecular formula is C20H25N5O. The molecule has 1 fully saturated rings. The monoisotopic (exact) mass is 351 g/mol. The van der Waals surface area contributed by atoms with Crippen LogP contribution in [0.25, 0.3) is 0 Å². The van der Waals surface area contributed by atoms with E-state index >= 15 is 0 Å². The lowest BCUT2D eigenvalue weighted by molar-refractivity contribution is -0.129. The van der Waals surface area contributed by atoms with Gasteiger partial charge in [0.05, 0.1) is 0 Å². The van der Waals surface area contributed by atoms with Crippen molar-refractivity contribution in [3.8, 4) is 0 Å². The van der Waals surface area contributed by atoms with Crippen LogP contribution in [-0.2, 0) is 4.79 Å². The molecule has 136 valence electrons. The number of aryl methyl sites for hydroxylation is 1. The summed E-state index contributed by atoms with van der Waals surface area (Å²) in [5.74, 6) is 0.263. The van der Waals surface area contributed by atoms with Gasteiger partial charge in [-0.3, -0.25) is 4.79 Å². The smallest absolute Gasteiger partial charge is 0.244 e. The number of nitrogens with two attached hydrogens (primary N) is 1. The molecule has 1 aliphatic rings. The van der Waals surface area contributed by atoms with Crippen molar-refractivity contribution in [3.63, 3.8) is 0 Å². The first-order valence-corrected chi connectivity index (χ1v) is 8.83. The van der Waals surface area contributed by atoms with Gasteiger partial charge in [-0.05, 0) is 36.8 Å². The maximum absolute atomic E-state index is 12.4. The molecule has 0 saturated carbocycles. The van der Waals surface area contributed by atoms with Crippen LogP contribution in [0.2, 0.25) is 0 Å². The van der Waals surface area contributed by atoms with Crippen LogP contribution < -0.4 is 16.0 Å². The molecule has 0 aromatic heterocycles. The number of hydrogen-bond acceptors (Lipinski definition) is 3. The van der Waals surface area contributed by atoms with E-state index in [2.05, 4.69) is 27.3 Å². The Morgan fingerprint density at radius 1 is 1.08 bits per heavy atom. The molecule has 1 aliphatic heterocycles. The van der Waals surface area contributed by atoms with E-state index in [0.717, 1.165) is 24.3 Å². The van der Waals surface area contributed by atoms with Gasteiger partial charge in [-0.25, -0.2) is 4.99 Å². The maximum atomic E-state index is 12.4. The van der Waals surface area contributed by atoms with Gasteiger partial charge in [0.15, 0.2) is 5.96 Å². The van der Waals surface area contributed by atoms with Crippen LogP contribution >= 0.6 is 0 Å². The summed E-state index contributed by atoms with van der Waals surface area (Å²) in [5.41, 5.74) is 9.09. The van der Waals surface area contributed by atoms with E-state index in [9.17, 15) is 4.79 Å². The highest BCUT2D eigenvalue weighted by molar-refractivity contribution is 5.94. The lowest BCUT2D eigenvalue weighted by Crippen LogP contribution is -2.49. The largest absolute Gasteiger partial charge is 0.370 e. The Morgan fingerprint density at radius 2 is 1.81 bits per heavy atom. The molecule has 0 atom stereocenters. The fraction of sp³-hybridized carbons (Fsp3) is 0.300. The molecule has 3 N–H and O–H groups in total. The SMILES string of the molecule is Cc1cccc(NC(N)=NCC(=O)N2CCN(c3ccccc3)CC2)c1. The highest BCUT2D eigenvalue weighted by Crippen LogP contribution is 2.15. The van der Waals surface area contributed by atoms with Crippen LogP contribution in [0.5, 0.6) is 0 Å². The highest BCUT2D eigenvalue weighted by Gasteiger charge is 2.20. The Labute approximate surface area is 154 Å². The van der Waals surface area contributed by atoms with Crippen molar-refractivity contribution in [2.45, 2.75) is 6.92 Å². The van der Waals surface area contributed by atoms with Crippen molar-refractivity contribution in [1.82, 2.24) is 4.90 Å². The van der Waals surface area contributed by atoms with E-state index in [1.807, 2.05) is 54.3 Å². The Kier molecular flexibility index (Phi) is 5.73. The second kappa shape index (κ2) is 8.38. The number of carbonyl (C=O) groups is 1. The number of hydrogen-bond donors (Lipinski definition) is 2. The normalized spacial score (nSPS) is 15.0. The van der Waals surface area contributed by atoms with Crippen molar-refractivity contribution in [2.24, 2.45) is 10.7 Å². The molecule has 6 heteroatoms. The number of amides is 1. The minimum atomic E-state index is 0.00621. The minimum absolute atomic E-state index is 0.00621. The molecule has 3 rings (SSSR count). The number of piperazine rings is 1.